The number of hydrogen-bond acceptors (Lipinski definition) is 4. The molecule has 15 heavy (non-hydrogen) atoms. The Balaban J connectivity index is 1.99. The molecule has 5 heteroatoms. The normalized spacial score (nSPS) is 9.87. The van der Waals surface area contributed by atoms with Crippen LogP contribution in [0, 0.1) is 0 Å². The summed E-state index contributed by atoms with van der Waals surface area (Å²) in [5.74, 6) is 0.645. The first kappa shape index (κ1) is 9.39. The molecule has 76 valence electrons. The molecule has 0 radical (unpaired) electrons. The zero-order valence-electron chi connectivity index (χ0n) is 7.97. The number of nitrogens with zero attached hydrogens (tertiary/aromatic N) is 2. The maximum Gasteiger partial charge on any atom is 0.264 e. The Morgan fingerprint density at radius 1 is 1.20 bits per heavy atom. The summed E-state index contributed by atoms with van der Waals surface area (Å²) in [5, 5.41) is 9.26. The summed E-state index contributed by atoms with van der Waals surface area (Å²) in [5.41, 5.74) is 0.905. The molecule has 0 saturated heterocycles. The maximum atomic E-state index is 10.7. The fourth-order valence-electron chi connectivity index (χ4n) is 1.14. The van der Waals surface area contributed by atoms with E-state index in [4.69, 9.17) is 0 Å². The number of aromatic amines is 1. The highest BCUT2D eigenvalue weighted by atomic mass is 16.1. The van der Waals surface area contributed by atoms with Crippen molar-refractivity contribution in [3.05, 3.63) is 52.6 Å². The van der Waals surface area contributed by atoms with Crippen LogP contribution in [-0.2, 0) is 6.54 Å². The molecule has 0 fully saturated rings. The highest BCUT2D eigenvalue weighted by molar-refractivity contribution is 5.32. The van der Waals surface area contributed by atoms with Crippen LogP contribution in [0.1, 0.15) is 5.56 Å². The molecular weight excluding hydrogens is 192 g/mol. The third-order valence-electron chi connectivity index (χ3n) is 1.90. The van der Waals surface area contributed by atoms with Crippen molar-refractivity contribution in [1.82, 2.24) is 15.2 Å². The van der Waals surface area contributed by atoms with Gasteiger partial charge < -0.3 is 5.32 Å². The van der Waals surface area contributed by atoms with Gasteiger partial charge in [-0.1, -0.05) is 0 Å². The zero-order valence-corrected chi connectivity index (χ0v) is 7.97. The van der Waals surface area contributed by atoms with E-state index < -0.39 is 0 Å². The van der Waals surface area contributed by atoms with E-state index in [-0.39, 0.29) is 5.56 Å². The van der Waals surface area contributed by atoms with Crippen molar-refractivity contribution in [1.29, 1.82) is 0 Å². The lowest BCUT2D eigenvalue weighted by Crippen LogP contribution is -2.09. The predicted octanol–water partition coefficient (Wildman–Crippen LogP) is 0.777. The summed E-state index contributed by atoms with van der Waals surface area (Å²) < 4.78 is 0. The number of pyridine rings is 1. The highest BCUT2D eigenvalue weighted by Gasteiger charge is 1.94. The van der Waals surface area contributed by atoms with Crippen molar-refractivity contribution in [2.75, 3.05) is 5.32 Å². The highest BCUT2D eigenvalue weighted by Crippen LogP contribution is 2.01. The first-order valence-corrected chi connectivity index (χ1v) is 4.53. The lowest BCUT2D eigenvalue weighted by atomic mass is 10.3. The largest absolute Gasteiger partial charge is 0.365 e. The average molecular weight is 202 g/mol. The van der Waals surface area contributed by atoms with Crippen molar-refractivity contribution < 1.29 is 0 Å². The molecule has 0 aliphatic rings. The number of rotatable bonds is 3. The van der Waals surface area contributed by atoms with Crippen LogP contribution in [0.25, 0.3) is 0 Å². The van der Waals surface area contributed by atoms with Gasteiger partial charge in [0.05, 0.1) is 0 Å². The van der Waals surface area contributed by atoms with Gasteiger partial charge in [0.2, 0.25) is 0 Å². The molecule has 2 rings (SSSR count). The molecule has 0 unspecified atom stereocenters. The van der Waals surface area contributed by atoms with Crippen LogP contribution in [-0.4, -0.2) is 15.2 Å². The van der Waals surface area contributed by atoms with Crippen molar-refractivity contribution in [2.45, 2.75) is 6.54 Å². The Morgan fingerprint density at radius 3 is 2.67 bits per heavy atom. The van der Waals surface area contributed by atoms with Gasteiger partial charge in [0.25, 0.3) is 5.56 Å². The van der Waals surface area contributed by atoms with E-state index in [0.29, 0.717) is 12.4 Å². The van der Waals surface area contributed by atoms with Gasteiger partial charge in [0.1, 0.15) is 5.82 Å². The quantitative estimate of drug-likeness (QED) is 0.771. The molecule has 2 N–H and O–H groups in total. The van der Waals surface area contributed by atoms with Gasteiger partial charge in [-0.05, 0) is 23.8 Å². The van der Waals surface area contributed by atoms with Crippen LogP contribution in [0.3, 0.4) is 0 Å². The summed E-state index contributed by atoms with van der Waals surface area (Å²) in [6.07, 6.45) is 3.47. The summed E-state index contributed by atoms with van der Waals surface area (Å²) in [7, 11) is 0. The SMILES string of the molecule is O=c1ccc(NCc2ccncc2)n[nH]1. The minimum Gasteiger partial charge on any atom is -0.365 e. The summed E-state index contributed by atoms with van der Waals surface area (Å²) in [4.78, 5) is 14.7. The van der Waals surface area contributed by atoms with E-state index in [0.717, 1.165) is 5.56 Å². The molecule has 2 heterocycles. The standard InChI is InChI=1S/C10H10N4O/c15-10-2-1-9(13-14-10)12-7-8-3-5-11-6-4-8/h1-6H,7H2,(H,12,13)(H,14,15). The van der Waals surface area contributed by atoms with Gasteiger partial charge >= 0.3 is 0 Å². The Labute approximate surface area is 86.2 Å². The number of H-pyrrole nitrogens is 1. The van der Waals surface area contributed by atoms with E-state index in [2.05, 4.69) is 20.5 Å². The van der Waals surface area contributed by atoms with Gasteiger partial charge in [-0.3, -0.25) is 9.78 Å². The summed E-state index contributed by atoms with van der Waals surface area (Å²) in [6, 6.07) is 6.90. The lowest BCUT2D eigenvalue weighted by molar-refractivity contribution is 0.968. The molecular formula is C10H10N4O. The van der Waals surface area contributed by atoms with Crippen LogP contribution in [0.2, 0.25) is 0 Å². The van der Waals surface area contributed by atoms with Gasteiger partial charge in [-0.2, -0.15) is 5.10 Å². The fraction of sp³-hybridized carbons (Fsp3) is 0.100. The molecule has 0 aliphatic carbocycles. The second-order valence-corrected chi connectivity index (χ2v) is 3.02. The van der Waals surface area contributed by atoms with E-state index in [9.17, 15) is 4.79 Å². The molecule has 2 aromatic heterocycles. The zero-order chi connectivity index (χ0) is 10.5. The third kappa shape index (κ3) is 2.63. The number of hydrogen-bond donors (Lipinski definition) is 2. The molecule has 0 saturated carbocycles. The van der Waals surface area contributed by atoms with Crippen LogP contribution in [0.5, 0.6) is 0 Å². The molecule has 5 nitrogen and oxygen atoms in total. The van der Waals surface area contributed by atoms with Crippen molar-refractivity contribution in [3.8, 4) is 0 Å². The second-order valence-electron chi connectivity index (χ2n) is 3.02. The van der Waals surface area contributed by atoms with Crippen LogP contribution < -0.4 is 10.9 Å². The van der Waals surface area contributed by atoms with Crippen LogP contribution in [0.15, 0.2) is 41.5 Å². The Hall–Kier alpha value is -2.17. The Kier molecular flexibility index (Phi) is 2.73. The second kappa shape index (κ2) is 4.36. The van der Waals surface area contributed by atoms with E-state index in [1.807, 2.05) is 12.1 Å². The first-order chi connectivity index (χ1) is 7.34. The molecule has 0 atom stereocenters. The van der Waals surface area contributed by atoms with Gasteiger partial charge in [0.15, 0.2) is 0 Å². The number of anilines is 1. The minimum atomic E-state index is -0.204. The molecule has 0 spiro atoms. The summed E-state index contributed by atoms with van der Waals surface area (Å²) >= 11 is 0. The fourth-order valence-corrected chi connectivity index (χ4v) is 1.14. The maximum absolute atomic E-state index is 10.7. The van der Waals surface area contributed by atoms with Crippen molar-refractivity contribution >= 4 is 5.82 Å². The summed E-state index contributed by atoms with van der Waals surface area (Å²) in [6.45, 7) is 0.654. The minimum absolute atomic E-state index is 0.204. The average Bonchev–Trinajstić information content (AvgIpc) is 2.30. The molecule has 0 bridgehead atoms. The van der Waals surface area contributed by atoms with Gasteiger partial charge in [0, 0.05) is 25.0 Å². The lowest BCUT2D eigenvalue weighted by Gasteiger charge is -2.03. The third-order valence-corrected chi connectivity index (χ3v) is 1.90. The van der Waals surface area contributed by atoms with Gasteiger partial charge in [-0.15, -0.1) is 0 Å². The topological polar surface area (TPSA) is 70.7 Å². The first-order valence-electron chi connectivity index (χ1n) is 4.53. The molecule has 2 aromatic rings. The van der Waals surface area contributed by atoms with Crippen molar-refractivity contribution in [3.63, 3.8) is 0 Å². The number of nitrogens with one attached hydrogen (secondary N) is 2. The van der Waals surface area contributed by atoms with E-state index in [1.165, 1.54) is 6.07 Å². The van der Waals surface area contributed by atoms with Crippen molar-refractivity contribution in [2.24, 2.45) is 0 Å². The smallest absolute Gasteiger partial charge is 0.264 e. The molecule has 0 aromatic carbocycles. The molecule has 0 amide bonds. The Bertz CT molecular complexity index is 460. The molecule has 0 aliphatic heterocycles. The predicted molar refractivity (Wildman–Crippen MR) is 56.4 cm³/mol. The number of aromatic nitrogens is 3. The van der Waals surface area contributed by atoms with Crippen LogP contribution in [0.4, 0.5) is 5.82 Å². The van der Waals surface area contributed by atoms with Gasteiger partial charge in [-0.25, -0.2) is 5.10 Å². The van der Waals surface area contributed by atoms with E-state index >= 15 is 0 Å². The Morgan fingerprint density at radius 2 is 2.00 bits per heavy atom. The van der Waals surface area contributed by atoms with Crippen LogP contribution >= 0.6 is 0 Å². The van der Waals surface area contributed by atoms with E-state index in [1.54, 1.807) is 18.5 Å². The monoisotopic (exact) mass is 202 g/mol.